The van der Waals surface area contributed by atoms with E-state index >= 15 is 0 Å². The van der Waals surface area contributed by atoms with E-state index in [-0.39, 0.29) is 11.9 Å². The number of carbonyl (C=O) groups excluding carboxylic acids is 1. The van der Waals surface area contributed by atoms with Crippen molar-refractivity contribution in [1.82, 2.24) is 5.32 Å². The third-order valence-electron chi connectivity index (χ3n) is 2.77. The van der Waals surface area contributed by atoms with Gasteiger partial charge in [0.1, 0.15) is 5.75 Å². The summed E-state index contributed by atoms with van der Waals surface area (Å²) in [6.07, 6.45) is 2.20. The van der Waals surface area contributed by atoms with Crippen molar-refractivity contribution >= 4 is 17.5 Å². The predicted octanol–water partition coefficient (Wildman–Crippen LogP) is 3.29. The van der Waals surface area contributed by atoms with Gasteiger partial charge in [-0.05, 0) is 44.4 Å². The SMILES string of the molecule is Cc1cccc(OCCC(=O)NC(C)CCCCl)c1. The van der Waals surface area contributed by atoms with Crippen molar-refractivity contribution in [1.29, 1.82) is 0 Å². The number of aryl methyl sites for hydroxylation is 1. The van der Waals surface area contributed by atoms with Gasteiger partial charge in [-0.15, -0.1) is 11.6 Å². The second kappa shape index (κ2) is 8.81. The lowest BCUT2D eigenvalue weighted by atomic mass is 10.2. The molecule has 0 aliphatic carbocycles. The maximum absolute atomic E-state index is 11.6. The van der Waals surface area contributed by atoms with E-state index in [4.69, 9.17) is 16.3 Å². The fraction of sp³-hybridized carbons (Fsp3) is 0.533. The molecule has 0 radical (unpaired) electrons. The molecule has 0 fully saturated rings. The molecule has 1 aromatic carbocycles. The standard InChI is InChI=1S/C15H22ClNO2/c1-12-5-3-7-14(11-12)19-10-8-15(18)17-13(2)6-4-9-16/h3,5,7,11,13H,4,6,8-10H2,1-2H3,(H,17,18). The molecule has 0 bridgehead atoms. The molecule has 3 nitrogen and oxygen atoms in total. The zero-order chi connectivity index (χ0) is 14.1. The Hall–Kier alpha value is -1.22. The summed E-state index contributed by atoms with van der Waals surface area (Å²) in [6, 6.07) is 7.98. The van der Waals surface area contributed by atoms with Crippen LogP contribution in [-0.2, 0) is 4.79 Å². The van der Waals surface area contributed by atoms with E-state index in [0.717, 1.165) is 24.2 Å². The maximum atomic E-state index is 11.6. The Morgan fingerprint density at radius 1 is 1.47 bits per heavy atom. The van der Waals surface area contributed by atoms with Gasteiger partial charge in [-0.25, -0.2) is 0 Å². The van der Waals surface area contributed by atoms with Crippen LogP contribution in [0.25, 0.3) is 0 Å². The second-order valence-electron chi connectivity index (χ2n) is 4.71. The van der Waals surface area contributed by atoms with Gasteiger partial charge in [-0.3, -0.25) is 4.79 Å². The van der Waals surface area contributed by atoms with Gasteiger partial charge < -0.3 is 10.1 Å². The van der Waals surface area contributed by atoms with Crippen LogP contribution in [0, 0.1) is 6.92 Å². The first-order valence-corrected chi connectivity index (χ1v) is 7.20. The van der Waals surface area contributed by atoms with E-state index in [1.165, 1.54) is 0 Å². The molecule has 1 amide bonds. The highest BCUT2D eigenvalue weighted by atomic mass is 35.5. The van der Waals surface area contributed by atoms with Gasteiger partial charge in [-0.2, -0.15) is 0 Å². The summed E-state index contributed by atoms with van der Waals surface area (Å²) in [5.74, 6) is 1.47. The Labute approximate surface area is 120 Å². The minimum Gasteiger partial charge on any atom is -0.493 e. The lowest BCUT2D eigenvalue weighted by Gasteiger charge is -2.13. The van der Waals surface area contributed by atoms with E-state index in [0.29, 0.717) is 18.9 Å². The van der Waals surface area contributed by atoms with Crippen molar-refractivity contribution in [2.24, 2.45) is 0 Å². The van der Waals surface area contributed by atoms with Gasteiger partial charge in [0, 0.05) is 11.9 Å². The topological polar surface area (TPSA) is 38.3 Å². The highest BCUT2D eigenvalue weighted by Gasteiger charge is 2.07. The number of alkyl halides is 1. The number of ether oxygens (including phenoxy) is 1. The number of carbonyl (C=O) groups is 1. The highest BCUT2D eigenvalue weighted by molar-refractivity contribution is 6.17. The molecular weight excluding hydrogens is 262 g/mol. The maximum Gasteiger partial charge on any atom is 0.223 e. The Bertz CT molecular complexity index is 395. The highest BCUT2D eigenvalue weighted by Crippen LogP contribution is 2.12. The van der Waals surface area contributed by atoms with E-state index < -0.39 is 0 Å². The van der Waals surface area contributed by atoms with Crippen molar-refractivity contribution in [2.75, 3.05) is 12.5 Å². The van der Waals surface area contributed by atoms with E-state index in [9.17, 15) is 4.79 Å². The second-order valence-corrected chi connectivity index (χ2v) is 5.09. The number of benzene rings is 1. The summed E-state index contributed by atoms with van der Waals surface area (Å²) in [6.45, 7) is 4.40. The monoisotopic (exact) mass is 283 g/mol. The molecule has 1 N–H and O–H groups in total. The fourth-order valence-electron chi connectivity index (χ4n) is 1.77. The summed E-state index contributed by atoms with van der Waals surface area (Å²) >= 11 is 5.61. The zero-order valence-electron chi connectivity index (χ0n) is 11.6. The molecule has 106 valence electrons. The first-order valence-electron chi connectivity index (χ1n) is 6.66. The van der Waals surface area contributed by atoms with Gasteiger partial charge in [0.25, 0.3) is 0 Å². The summed E-state index contributed by atoms with van der Waals surface area (Å²) < 4.78 is 5.54. The number of halogens is 1. The van der Waals surface area contributed by atoms with Crippen LogP contribution in [0.1, 0.15) is 31.7 Å². The van der Waals surface area contributed by atoms with Crippen LogP contribution >= 0.6 is 11.6 Å². The molecule has 0 saturated carbocycles. The lowest BCUT2D eigenvalue weighted by Crippen LogP contribution is -2.33. The van der Waals surface area contributed by atoms with Crippen LogP contribution in [0.5, 0.6) is 5.75 Å². The number of amides is 1. The van der Waals surface area contributed by atoms with Crippen LogP contribution in [-0.4, -0.2) is 24.4 Å². The minimum absolute atomic E-state index is 0.0229. The van der Waals surface area contributed by atoms with Gasteiger partial charge in [0.05, 0.1) is 13.0 Å². The Balaban J connectivity index is 2.20. The van der Waals surface area contributed by atoms with E-state index in [1.807, 2.05) is 38.1 Å². The van der Waals surface area contributed by atoms with Crippen molar-refractivity contribution in [3.63, 3.8) is 0 Å². The Kier molecular flexibility index (Phi) is 7.34. The zero-order valence-corrected chi connectivity index (χ0v) is 12.4. The molecule has 1 atom stereocenters. The Morgan fingerprint density at radius 3 is 2.95 bits per heavy atom. The lowest BCUT2D eigenvalue weighted by molar-refractivity contribution is -0.122. The van der Waals surface area contributed by atoms with Gasteiger partial charge >= 0.3 is 0 Å². The first kappa shape index (κ1) is 15.8. The van der Waals surface area contributed by atoms with Gasteiger partial charge in [0.2, 0.25) is 5.91 Å². The smallest absolute Gasteiger partial charge is 0.223 e. The molecular formula is C15H22ClNO2. The number of rotatable bonds is 8. The normalized spacial score (nSPS) is 11.9. The molecule has 0 spiro atoms. The van der Waals surface area contributed by atoms with Gasteiger partial charge in [0.15, 0.2) is 0 Å². The van der Waals surface area contributed by atoms with Crippen LogP contribution in [0.15, 0.2) is 24.3 Å². The molecule has 0 aromatic heterocycles. The molecule has 4 heteroatoms. The molecule has 1 unspecified atom stereocenters. The summed E-state index contributed by atoms with van der Waals surface area (Å²) in [4.78, 5) is 11.6. The third kappa shape index (κ3) is 7.06. The largest absolute Gasteiger partial charge is 0.493 e. The van der Waals surface area contributed by atoms with Crippen molar-refractivity contribution in [2.45, 2.75) is 39.2 Å². The Morgan fingerprint density at radius 2 is 2.26 bits per heavy atom. The number of hydrogen-bond donors (Lipinski definition) is 1. The third-order valence-corrected chi connectivity index (χ3v) is 3.03. The minimum atomic E-state index is 0.0229. The van der Waals surface area contributed by atoms with E-state index in [1.54, 1.807) is 0 Å². The van der Waals surface area contributed by atoms with Crippen molar-refractivity contribution < 1.29 is 9.53 Å². The summed E-state index contributed by atoms with van der Waals surface area (Å²) in [5, 5.41) is 2.93. The van der Waals surface area contributed by atoms with Crippen LogP contribution in [0.2, 0.25) is 0 Å². The summed E-state index contributed by atoms with van der Waals surface area (Å²) in [5.41, 5.74) is 1.15. The average Bonchev–Trinajstić information content (AvgIpc) is 2.36. The van der Waals surface area contributed by atoms with Crippen molar-refractivity contribution in [3.05, 3.63) is 29.8 Å². The fourth-order valence-corrected chi connectivity index (χ4v) is 1.92. The molecule has 0 heterocycles. The average molecular weight is 284 g/mol. The first-order chi connectivity index (χ1) is 9.11. The summed E-state index contributed by atoms with van der Waals surface area (Å²) in [7, 11) is 0. The number of hydrogen-bond acceptors (Lipinski definition) is 2. The van der Waals surface area contributed by atoms with Crippen LogP contribution in [0.3, 0.4) is 0 Å². The predicted molar refractivity (Wildman–Crippen MR) is 78.8 cm³/mol. The molecule has 0 saturated heterocycles. The molecule has 19 heavy (non-hydrogen) atoms. The van der Waals surface area contributed by atoms with Crippen LogP contribution < -0.4 is 10.1 Å². The number of nitrogens with one attached hydrogen (secondary N) is 1. The molecule has 0 aliphatic rings. The van der Waals surface area contributed by atoms with Gasteiger partial charge in [-0.1, -0.05) is 12.1 Å². The van der Waals surface area contributed by atoms with Crippen LogP contribution in [0.4, 0.5) is 0 Å². The quantitative estimate of drug-likeness (QED) is 0.744. The molecule has 0 aliphatic heterocycles. The molecule has 1 aromatic rings. The van der Waals surface area contributed by atoms with E-state index in [2.05, 4.69) is 5.32 Å². The van der Waals surface area contributed by atoms with Crippen molar-refractivity contribution in [3.8, 4) is 5.75 Å². The molecule has 1 rings (SSSR count).